The number of rotatable bonds is 5. The summed E-state index contributed by atoms with van der Waals surface area (Å²) >= 11 is 0. The van der Waals surface area contributed by atoms with E-state index in [0.717, 1.165) is 0 Å². The van der Waals surface area contributed by atoms with Gasteiger partial charge in [-0.2, -0.15) is 4.31 Å². The van der Waals surface area contributed by atoms with Gasteiger partial charge in [0, 0.05) is 26.2 Å². The van der Waals surface area contributed by atoms with Gasteiger partial charge in [0.25, 0.3) is 5.91 Å². The fourth-order valence-corrected chi connectivity index (χ4v) is 3.31. The standard InChI is InChI=1S/C12H17N3O4S.ClH/c1-15(8-6-14-7-8)20(17,18)9-3-4-11(19-2)10(5-9)12(13)16;/h3-5,8,14H,6-7H2,1-2H3,(H2,13,16);1H. The topological polar surface area (TPSA) is 102 Å². The summed E-state index contributed by atoms with van der Waals surface area (Å²) in [6, 6.07) is 4.02. The molecule has 1 aromatic rings. The van der Waals surface area contributed by atoms with E-state index in [2.05, 4.69) is 5.32 Å². The van der Waals surface area contributed by atoms with E-state index >= 15 is 0 Å². The quantitative estimate of drug-likeness (QED) is 0.776. The Labute approximate surface area is 129 Å². The second-order valence-electron chi connectivity index (χ2n) is 4.56. The predicted molar refractivity (Wildman–Crippen MR) is 80.4 cm³/mol. The SMILES string of the molecule is COc1ccc(S(=O)(=O)N(C)C2CNC2)cc1C(N)=O.Cl. The number of methoxy groups -OCH3 is 1. The first kappa shape index (κ1) is 17.7. The molecule has 0 aromatic heterocycles. The second-order valence-corrected chi connectivity index (χ2v) is 6.56. The van der Waals surface area contributed by atoms with Crippen molar-refractivity contribution in [2.45, 2.75) is 10.9 Å². The molecule has 1 fully saturated rings. The zero-order chi connectivity index (χ0) is 14.9. The fourth-order valence-electron chi connectivity index (χ4n) is 1.93. The molecule has 0 radical (unpaired) electrons. The van der Waals surface area contributed by atoms with Crippen molar-refractivity contribution in [1.82, 2.24) is 9.62 Å². The second kappa shape index (κ2) is 6.61. The molecule has 1 aromatic carbocycles. The Balaban J connectivity index is 0.00000220. The molecular formula is C12H18ClN3O4S. The summed E-state index contributed by atoms with van der Waals surface area (Å²) in [7, 11) is -0.736. The molecule has 1 saturated heterocycles. The molecule has 7 nitrogen and oxygen atoms in total. The summed E-state index contributed by atoms with van der Waals surface area (Å²) in [5, 5.41) is 3.01. The van der Waals surface area contributed by atoms with E-state index in [1.165, 1.54) is 36.7 Å². The van der Waals surface area contributed by atoms with Crippen LogP contribution in [0.3, 0.4) is 0 Å². The van der Waals surface area contributed by atoms with Crippen molar-refractivity contribution in [2.75, 3.05) is 27.2 Å². The van der Waals surface area contributed by atoms with Crippen molar-refractivity contribution in [2.24, 2.45) is 5.73 Å². The number of hydrogen-bond acceptors (Lipinski definition) is 5. The minimum atomic E-state index is -3.65. The van der Waals surface area contributed by atoms with E-state index in [1.807, 2.05) is 0 Å². The van der Waals surface area contributed by atoms with E-state index in [-0.39, 0.29) is 34.7 Å². The lowest BCUT2D eigenvalue weighted by molar-refractivity contribution is 0.0997. The third kappa shape index (κ3) is 3.29. The summed E-state index contributed by atoms with van der Waals surface area (Å²) in [5.41, 5.74) is 5.29. The first-order valence-corrected chi connectivity index (χ1v) is 7.48. The molecule has 1 aliphatic heterocycles. The van der Waals surface area contributed by atoms with E-state index in [1.54, 1.807) is 0 Å². The molecule has 0 aliphatic carbocycles. The Bertz CT molecular complexity index is 631. The van der Waals surface area contributed by atoms with E-state index < -0.39 is 15.9 Å². The minimum absolute atomic E-state index is 0. The van der Waals surface area contributed by atoms with Crippen molar-refractivity contribution >= 4 is 28.3 Å². The number of nitrogens with two attached hydrogens (primary N) is 1. The monoisotopic (exact) mass is 335 g/mol. The van der Waals surface area contributed by atoms with Gasteiger partial charge in [-0.05, 0) is 18.2 Å². The first-order chi connectivity index (χ1) is 9.37. The van der Waals surface area contributed by atoms with Gasteiger partial charge in [0.2, 0.25) is 10.0 Å². The summed E-state index contributed by atoms with van der Waals surface area (Å²) in [5.74, 6) is -0.476. The Morgan fingerprint density at radius 1 is 1.43 bits per heavy atom. The largest absolute Gasteiger partial charge is 0.496 e. The van der Waals surface area contributed by atoms with Crippen molar-refractivity contribution in [3.63, 3.8) is 0 Å². The highest BCUT2D eigenvalue weighted by molar-refractivity contribution is 7.89. The normalized spacial score (nSPS) is 15.2. The Morgan fingerprint density at radius 3 is 2.48 bits per heavy atom. The van der Waals surface area contributed by atoms with Crippen LogP contribution in [-0.4, -0.2) is 51.9 Å². The molecule has 1 heterocycles. The number of likely N-dealkylation sites (N-methyl/N-ethyl adjacent to an activating group) is 1. The average molecular weight is 336 g/mol. The first-order valence-electron chi connectivity index (χ1n) is 6.04. The zero-order valence-corrected chi connectivity index (χ0v) is 13.3. The van der Waals surface area contributed by atoms with E-state index in [4.69, 9.17) is 10.5 Å². The lowest BCUT2D eigenvalue weighted by atomic mass is 10.2. The van der Waals surface area contributed by atoms with Gasteiger partial charge in [-0.15, -0.1) is 12.4 Å². The number of carbonyl (C=O) groups is 1. The van der Waals surface area contributed by atoms with Gasteiger partial charge >= 0.3 is 0 Å². The summed E-state index contributed by atoms with van der Waals surface area (Å²) in [4.78, 5) is 11.4. The smallest absolute Gasteiger partial charge is 0.252 e. The van der Waals surface area contributed by atoms with Crippen LogP contribution in [-0.2, 0) is 10.0 Å². The highest BCUT2D eigenvalue weighted by Gasteiger charge is 2.32. The number of carbonyl (C=O) groups excluding carboxylic acids is 1. The van der Waals surface area contributed by atoms with Gasteiger partial charge in [-0.1, -0.05) is 0 Å². The molecule has 0 atom stereocenters. The molecule has 0 saturated carbocycles. The highest BCUT2D eigenvalue weighted by atomic mass is 35.5. The molecule has 21 heavy (non-hydrogen) atoms. The van der Waals surface area contributed by atoms with Gasteiger partial charge in [-0.25, -0.2) is 8.42 Å². The summed E-state index contributed by atoms with van der Waals surface area (Å²) in [6.07, 6.45) is 0. The number of halogens is 1. The predicted octanol–water partition coefficient (Wildman–Crippen LogP) is -0.192. The molecule has 1 aliphatic rings. The number of benzene rings is 1. The Hall–Kier alpha value is -1.35. The third-order valence-corrected chi connectivity index (χ3v) is 5.29. The van der Waals surface area contributed by atoms with Gasteiger partial charge in [0.05, 0.1) is 17.6 Å². The van der Waals surface area contributed by atoms with E-state index in [9.17, 15) is 13.2 Å². The number of amides is 1. The van der Waals surface area contributed by atoms with Crippen molar-refractivity contribution < 1.29 is 17.9 Å². The number of nitrogens with zero attached hydrogens (tertiary/aromatic N) is 1. The van der Waals surface area contributed by atoms with Crippen LogP contribution in [0.25, 0.3) is 0 Å². The van der Waals surface area contributed by atoms with Gasteiger partial charge < -0.3 is 15.8 Å². The molecule has 118 valence electrons. The molecule has 0 unspecified atom stereocenters. The lowest BCUT2D eigenvalue weighted by Crippen LogP contribution is -2.57. The maximum atomic E-state index is 12.4. The number of hydrogen-bond donors (Lipinski definition) is 2. The molecular weight excluding hydrogens is 318 g/mol. The number of sulfonamides is 1. The van der Waals surface area contributed by atoms with Crippen LogP contribution in [0.5, 0.6) is 5.75 Å². The molecule has 9 heteroatoms. The molecule has 0 spiro atoms. The van der Waals surface area contributed by atoms with Crippen molar-refractivity contribution in [3.8, 4) is 5.75 Å². The third-order valence-electron chi connectivity index (χ3n) is 3.39. The van der Waals surface area contributed by atoms with Crippen LogP contribution < -0.4 is 15.8 Å². The lowest BCUT2D eigenvalue weighted by Gasteiger charge is -2.34. The number of nitrogens with one attached hydrogen (secondary N) is 1. The van der Waals surface area contributed by atoms with Crippen LogP contribution >= 0.6 is 12.4 Å². The van der Waals surface area contributed by atoms with Crippen LogP contribution in [0.2, 0.25) is 0 Å². The minimum Gasteiger partial charge on any atom is -0.496 e. The van der Waals surface area contributed by atoms with Crippen LogP contribution in [0.15, 0.2) is 23.1 Å². The van der Waals surface area contributed by atoms with Crippen LogP contribution in [0.4, 0.5) is 0 Å². The molecule has 2 rings (SSSR count). The fraction of sp³-hybridized carbons (Fsp3) is 0.417. The van der Waals surface area contributed by atoms with Crippen LogP contribution in [0, 0.1) is 0 Å². The van der Waals surface area contributed by atoms with Gasteiger partial charge in [0.1, 0.15) is 5.75 Å². The summed E-state index contributed by atoms with van der Waals surface area (Å²) < 4.78 is 31.2. The van der Waals surface area contributed by atoms with E-state index in [0.29, 0.717) is 13.1 Å². The molecule has 1 amide bonds. The van der Waals surface area contributed by atoms with Gasteiger partial charge in [0.15, 0.2) is 0 Å². The Morgan fingerprint density at radius 2 is 2.05 bits per heavy atom. The summed E-state index contributed by atoms with van der Waals surface area (Å²) in [6.45, 7) is 1.24. The van der Waals surface area contributed by atoms with Gasteiger partial charge in [-0.3, -0.25) is 4.79 Å². The zero-order valence-electron chi connectivity index (χ0n) is 11.7. The van der Waals surface area contributed by atoms with Crippen molar-refractivity contribution in [1.29, 1.82) is 0 Å². The highest BCUT2D eigenvalue weighted by Crippen LogP contribution is 2.25. The molecule has 3 N–H and O–H groups in total. The van der Waals surface area contributed by atoms with Crippen molar-refractivity contribution in [3.05, 3.63) is 23.8 Å². The maximum absolute atomic E-state index is 12.4. The number of ether oxygens (including phenoxy) is 1. The molecule has 0 bridgehead atoms. The van der Waals surface area contributed by atoms with Crippen LogP contribution in [0.1, 0.15) is 10.4 Å². The Kier molecular flexibility index (Phi) is 5.57. The number of primary amides is 1. The average Bonchev–Trinajstić information content (AvgIpc) is 2.35. The maximum Gasteiger partial charge on any atom is 0.252 e.